The highest BCUT2D eigenvalue weighted by Gasteiger charge is 2.34. The molecule has 0 amide bonds. The fourth-order valence-corrected chi connectivity index (χ4v) is 4.90. The number of aliphatic hydroxyl groups excluding tert-OH is 1. The van der Waals surface area contributed by atoms with Gasteiger partial charge in [0.1, 0.15) is 5.76 Å². The summed E-state index contributed by atoms with van der Waals surface area (Å²) in [5.41, 5.74) is -0.761. The Bertz CT molecular complexity index is 640. The molecule has 0 saturated heterocycles. The van der Waals surface area contributed by atoms with Crippen molar-refractivity contribution in [2.75, 3.05) is 12.9 Å². The van der Waals surface area contributed by atoms with Crippen LogP contribution in [-0.2, 0) is 19.1 Å². The SMILES string of the molecule is CCCC[C@](C)(O)C/C=C/[C@@H]1C(SCCCCCC(=O)OC)=C(OC(=O)CCC)C[C@H]1O. The molecule has 1 rings (SSSR count). The van der Waals surface area contributed by atoms with Crippen molar-refractivity contribution in [3.05, 3.63) is 22.8 Å². The van der Waals surface area contributed by atoms with E-state index in [1.54, 1.807) is 11.8 Å². The molecular formula is C25H42O6S. The van der Waals surface area contributed by atoms with Crippen LogP contribution >= 0.6 is 11.8 Å². The number of thioether (sulfide) groups is 1. The minimum atomic E-state index is -0.761. The quantitative estimate of drug-likeness (QED) is 0.180. The minimum Gasteiger partial charge on any atom is -0.469 e. The summed E-state index contributed by atoms with van der Waals surface area (Å²) in [6, 6.07) is 0. The summed E-state index contributed by atoms with van der Waals surface area (Å²) >= 11 is 1.61. The summed E-state index contributed by atoms with van der Waals surface area (Å²) in [7, 11) is 1.40. The van der Waals surface area contributed by atoms with E-state index in [-0.39, 0.29) is 17.9 Å². The van der Waals surface area contributed by atoms with Gasteiger partial charge in [-0.25, -0.2) is 0 Å². The molecule has 7 heteroatoms. The molecule has 32 heavy (non-hydrogen) atoms. The Balaban J connectivity index is 2.76. The predicted octanol–water partition coefficient (Wildman–Crippen LogP) is 5.28. The Labute approximate surface area is 197 Å². The molecule has 0 aromatic carbocycles. The number of ether oxygens (including phenoxy) is 2. The molecule has 0 aromatic rings. The topological polar surface area (TPSA) is 93.1 Å². The first-order chi connectivity index (χ1) is 15.2. The molecule has 0 bridgehead atoms. The lowest BCUT2D eigenvalue weighted by Crippen LogP contribution is -2.23. The lowest BCUT2D eigenvalue weighted by molar-refractivity contribution is -0.141. The maximum Gasteiger partial charge on any atom is 0.310 e. The molecule has 1 aliphatic carbocycles. The zero-order chi connectivity index (χ0) is 24.0. The average Bonchev–Trinajstić information content (AvgIpc) is 3.03. The zero-order valence-corrected chi connectivity index (χ0v) is 21.0. The lowest BCUT2D eigenvalue weighted by Gasteiger charge is -2.21. The summed E-state index contributed by atoms with van der Waals surface area (Å²) in [4.78, 5) is 24.2. The zero-order valence-electron chi connectivity index (χ0n) is 20.2. The van der Waals surface area contributed by atoms with Gasteiger partial charge in [0.15, 0.2) is 0 Å². The normalized spacial score (nSPS) is 20.6. The molecule has 3 atom stereocenters. The van der Waals surface area contributed by atoms with E-state index in [9.17, 15) is 19.8 Å². The average molecular weight is 471 g/mol. The van der Waals surface area contributed by atoms with Crippen molar-refractivity contribution in [3.8, 4) is 0 Å². The van der Waals surface area contributed by atoms with Gasteiger partial charge < -0.3 is 19.7 Å². The molecular weight excluding hydrogens is 428 g/mol. The van der Waals surface area contributed by atoms with Crippen LogP contribution < -0.4 is 0 Å². The maximum atomic E-state index is 12.1. The van der Waals surface area contributed by atoms with Crippen molar-refractivity contribution < 1.29 is 29.3 Å². The van der Waals surface area contributed by atoms with Crippen molar-refractivity contribution in [2.45, 2.75) is 103 Å². The standard InChI is InChI=1S/C25H42O6S/c1-5-7-15-25(3,29)16-11-13-19-20(26)18-21(31-23(28)12-6-2)24(19)32-17-10-8-9-14-22(27)30-4/h11,13,19-20,26,29H,5-10,12,14-18H2,1-4H3/b13-11+/t19-,20+,25-/m0/s1. The third-order valence-electron chi connectivity index (χ3n) is 5.56. The van der Waals surface area contributed by atoms with E-state index < -0.39 is 11.7 Å². The van der Waals surface area contributed by atoms with Crippen LogP contribution in [0.15, 0.2) is 22.8 Å². The van der Waals surface area contributed by atoms with Gasteiger partial charge in [-0.2, -0.15) is 0 Å². The Hall–Kier alpha value is -1.31. The fourth-order valence-electron chi connectivity index (χ4n) is 3.62. The number of aliphatic hydroxyl groups is 2. The first-order valence-corrected chi connectivity index (χ1v) is 12.9. The summed E-state index contributed by atoms with van der Waals surface area (Å²) in [5, 5.41) is 21.2. The second-order valence-corrected chi connectivity index (χ2v) is 9.91. The molecule has 0 heterocycles. The Morgan fingerprint density at radius 3 is 2.53 bits per heavy atom. The van der Waals surface area contributed by atoms with Crippen LogP contribution in [0, 0.1) is 5.92 Å². The Morgan fingerprint density at radius 1 is 1.12 bits per heavy atom. The molecule has 6 nitrogen and oxygen atoms in total. The van der Waals surface area contributed by atoms with Gasteiger partial charge in [0.05, 0.1) is 18.8 Å². The molecule has 184 valence electrons. The highest BCUT2D eigenvalue weighted by molar-refractivity contribution is 8.03. The van der Waals surface area contributed by atoms with Crippen molar-refractivity contribution in [3.63, 3.8) is 0 Å². The second kappa shape index (κ2) is 15.5. The third-order valence-corrected chi connectivity index (χ3v) is 6.86. The highest BCUT2D eigenvalue weighted by atomic mass is 32.2. The van der Waals surface area contributed by atoms with E-state index in [2.05, 4.69) is 11.7 Å². The van der Waals surface area contributed by atoms with E-state index in [1.807, 2.05) is 26.0 Å². The molecule has 0 aromatic heterocycles. The maximum absolute atomic E-state index is 12.1. The molecule has 0 saturated carbocycles. The fraction of sp³-hybridized carbons (Fsp3) is 0.760. The monoisotopic (exact) mass is 470 g/mol. The smallest absolute Gasteiger partial charge is 0.310 e. The summed E-state index contributed by atoms with van der Waals surface area (Å²) in [6.45, 7) is 5.88. The van der Waals surface area contributed by atoms with Crippen LogP contribution in [0.2, 0.25) is 0 Å². The van der Waals surface area contributed by atoms with Gasteiger partial charge in [-0.05, 0) is 44.8 Å². The Kier molecular flexibility index (Phi) is 13.9. The van der Waals surface area contributed by atoms with Crippen LogP contribution in [0.5, 0.6) is 0 Å². The van der Waals surface area contributed by atoms with Gasteiger partial charge in [0, 0.05) is 30.1 Å². The molecule has 0 unspecified atom stereocenters. The lowest BCUT2D eigenvalue weighted by atomic mass is 9.94. The molecule has 0 spiro atoms. The van der Waals surface area contributed by atoms with Gasteiger partial charge in [-0.3, -0.25) is 9.59 Å². The number of carbonyl (C=O) groups excluding carboxylic acids is 2. The molecule has 0 radical (unpaired) electrons. The molecule has 2 N–H and O–H groups in total. The summed E-state index contributed by atoms with van der Waals surface area (Å²) < 4.78 is 10.3. The minimum absolute atomic E-state index is 0.190. The molecule has 0 fully saturated rings. The van der Waals surface area contributed by atoms with Crippen molar-refractivity contribution in [1.82, 2.24) is 0 Å². The number of hydrogen-bond donors (Lipinski definition) is 2. The number of methoxy groups -OCH3 is 1. The van der Waals surface area contributed by atoms with Crippen LogP contribution in [0.3, 0.4) is 0 Å². The van der Waals surface area contributed by atoms with Crippen molar-refractivity contribution >= 4 is 23.7 Å². The first kappa shape index (κ1) is 28.7. The van der Waals surface area contributed by atoms with Crippen LogP contribution in [0.1, 0.15) is 91.4 Å². The summed E-state index contributed by atoms with van der Waals surface area (Å²) in [5.74, 6) is 0.697. The van der Waals surface area contributed by atoms with Gasteiger partial charge in [0.2, 0.25) is 0 Å². The van der Waals surface area contributed by atoms with Gasteiger partial charge in [-0.1, -0.05) is 45.3 Å². The third kappa shape index (κ3) is 11.0. The van der Waals surface area contributed by atoms with E-state index in [1.165, 1.54) is 7.11 Å². The molecule has 0 aliphatic heterocycles. The second-order valence-electron chi connectivity index (χ2n) is 8.78. The van der Waals surface area contributed by atoms with E-state index in [0.29, 0.717) is 37.9 Å². The summed E-state index contributed by atoms with van der Waals surface area (Å²) in [6.07, 6.45) is 10.9. The van der Waals surface area contributed by atoms with Crippen LogP contribution in [0.25, 0.3) is 0 Å². The van der Waals surface area contributed by atoms with Gasteiger partial charge in [0.25, 0.3) is 0 Å². The van der Waals surface area contributed by atoms with Crippen molar-refractivity contribution in [2.24, 2.45) is 5.92 Å². The van der Waals surface area contributed by atoms with Crippen LogP contribution in [-0.4, -0.2) is 46.7 Å². The molecule has 1 aliphatic rings. The number of esters is 2. The van der Waals surface area contributed by atoms with Gasteiger partial charge in [-0.15, -0.1) is 11.8 Å². The Morgan fingerprint density at radius 2 is 1.88 bits per heavy atom. The predicted molar refractivity (Wildman–Crippen MR) is 129 cm³/mol. The van der Waals surface area contributed by atoms with E-state index in [4.69, 9.17) is 4.74 Å². The van der Waals surface area contributed by atoms with Crippen LogP contribution in [0.4, 0.5) is 0 Å². The van der Waals surface area contributed by atoms with Gasteiger partial charge >= 0.3 is 11.9 Å². The van der Waals surface area contributed by atoms with E-state index >= 15 is 0 Å². The highest BCUT2D eigenvalue weighted by Crippen LogP contribution is 2.41. The number of unbranched alkanes of at least 4 members (excludes halogenated alkanes) is 3. The number of rotatable bonds is 16. The van der Waals surface area contributed by atoms with Crippen molar-refractivity contribution in [1.29, 1.82) is 0 Å². The number of carbonyl (C=O) groups is 2. The van der Waals surface area contributed by atoms with E-state index in [0.717, 1.165) is 49.2 Å². The first-order valence-electron chi connectivity index (χ1n) is 11.9. The largest absolute Gasteiger partial charge is 0.469 e. The number of hydrogen-bond acceptors (Lipinski definition) is 7.